The fraction of sp³-hybridized carbons (Fsp3) is 0.379. The Morgan fingerprint density at radius 2 is 1.68 bits per heavy atom. The van der Waals surface area contributed by atoms with E-state index in [9.17, 15) is 9.59 Å². The first kappa shape index (κ1) is 25.4. The number of rotatable bonds is 6. The number of ether oxygens (including phenoxy) is 2. The van der Waals surface area contributed by atoms with Crippen LogP contribution in [0, 0.1) is 0 Å². The number of piperidine rings is 1. The third-order valence-corrected chi connectivity index (χ3v) is 8.80. The van der Waals surface area contributed by atoms with Gasteiger partial charge in [0.2, 0.25) is 0 Å². The number of halogens is 2. The van der Waals surface area contributed by atoms with Crippen LogP contribution in [-0.4, -0.2) is 47.5 Å². The molecule has 0 unspecified atom stereocenters. The van der Waals surface area contributed by atoms with Crippen molar-refractivity contribution in [3.05, 3.63) is 63.5 Å². The summed E-state index contributed by atoms with van der Waals surface area (Å²) in [5.41, 5.74) is 2.80. The van der Waals surface area contributed by atoms with Crippen LogP contribution in [0.3, 0.4) is 0 Å². The minimum atomic E-state index is -0.535. The third kappa shape index (κ3) is 4.23. The molecule has 3 atom stereocenters. The van der Waals surface area contributed by atoms with E-state index in [0.29, 0.717) is 56.4 Å². The van der Waals surface area contributed by atoms with Crippen molar-refractivity contribution in [1.82, 2.24) is 10.3 Å². The van der Waals surface area contributed by atoms with E-state index in [4.69, 9.17) is 41.7 Å². The van der Waals surface area contributed by atoms with E-state index < -0.39 is 11.9 Å². The number of anilines is 1. The van der Waals surface area contributed by atoms with Gasteiger partial charge in [0.1, 0.15) is 17.4 Å². The first-order valence-corrected chi connectivity index (χ1v) is 14.1. The lowest BCUT2D eigenvalue weighted by Gasteiger charge is -2.40. The molecule has 7 rings (SSSR count). The van der Waals surface area contributed by atoms with Crippen LogP contribution in [-0.2, 0) is 9.47 Å². The molecule has 4 aromatic rings. The fourth-order valence-electron chi connectivity index (χ4n) is 6.20. The maximum Gasteiger partial charge on any atom is 0.360 e. The van der Waals surface area contributed by atoms with Crippen LogP contribution < -0.4 is 4.90 Å². The Bertz CT molecular complexity index is 1610. The zero-order valence-electron chi connectivity index (χ0n) is 21.6. The van der Waals surface area contributed by atoms with Crippen molar-refractivity contribution in [3.63, 3.8) is 0 Å². The number of methoxy groups -OCH3 is 1. The third-order valence-electron chi connectivity index (χ3n) is 8.17. The highest BCUT2D eigenvalue weighted by atomic mass is 35.5. The van der Waals surface area contributed by atoms with Crippen molar-refractivity contribution >= 4 is 51.8 Å². The minimum Gasteiger partial charge on any atom is -0.464 e. The molecule has 9 nitrogen and oxygen atoms in total. The molecule has 0 radical (unpaired) electrons. The van der Waals surface area contributed by atoms with Crippen molar-refractivity contribution in [2.75, 3.05) is 12.0 Å². The Morgan fingerprint density at radius 1 is 0.950 bits per heavy atom. The molecule has 1 saturated carbocycles. The van der Waals surface area contributed by atoms with E-state index in [-0.39, 0.29) is 29.8 Å². The van der Waals surface area contributed by atoms with Crippen molar-refractivity contribution < 1.29 is 28.1 Å². The lowest BCUT2D eigenvalue weighted by atomic mass is 9.98. The summed E-state index contributed by atoms with van der Waals surface area (Å²) in [5, 5.41) is 9.51. The maximum atomic E-state index is 13.7. The van der Waals surface area contributed by atoms with Gasteiger partial charge in [0.25, 0.3) is 0 Å². The van der Waals surface area contributed by atoms with Crippen molar-refractivity contribution in [2.24, 2.45) is 0 Å². The smallest absolute Gasteiger partial charge is 0.360 e. The van der Waals surface area contributed by atoms with Crippen molar-refractivity contribution in [2.45, 2.75) is 62.6 Å². The summed E-state index contributed by atoms with van der Waals surface area (Å²) in [7, 11) is 1.31. The zero-order valence-corrected chi connectivity index (χ0v) is 23.1. The summed E-state index contributed by atoms with van der Waals surface area (Å²) in [5.74, 6) is -0.297. The maximum absolute atomic E-state index is 13.7. The molecule has 3 aliphatic rings. The van der Waals surface area contributed by atoms with Crippen molar-refractivity contribution in [3.8, 4) is 11.3 Å². The number of hydrogen-bond donors (Lipinski definition) is 0. The predicted molar refractivity (Wildman–Crippen MR) is 147 cm³/mol. The van der Waals surface area contributed by atoms with Gasteiger partial charge >= 0.3 is 11.9 Å². The second-order valence-electron chi connectivity index (χ2n) is 10.6. The standard InChI is InChI=1S/C29H25Cl2N3O6/c1-37-29(36)25-19-10-9-17(13-22(19)39-32-25)34-15-7-8-16(34)12-18(11-15)38-28(35)24-26(33-40-27(24)14-5-6-14)23-20(30)3-2-4-21(23)31/h2-4,9-10,13-16,18H,5-8,11-12H2,1H3/t15-,16+,18-. The summed E-state index contributed by atoms with van der Waals surface area (Å²) in [4.78, 5) is 28.0. The van der Waals surface area contributed by atoms with Gasteiger partial charge in [-0.1, -0.05) is 39.6 Å². The fourth-order valence-corrected chi connectivity index (χ4v) is 6.78. The van der Waals surface area contributed by atoms with Crippen LogP contribution in [0.4, 0.5) is 5.69 Å². The molecule has 4 heterocycles. The Morgan fingerprint density at radius 3 is 2.35 bits per heavy atom. The molecule has 3 fully saturated rings. The summed E-state index contributed by atoms with van der Waals surface area (Å²) in [6.07, 6.45) is 4.97. The Hall–Kier alpha value is -3.56. The molecular formula is C29H25Cl2N3O6. The van der Waals surface area contributed by atoms with Gasteiger partial charge in [-0.05, 0) is 49.9 Å². The Balaban J connectivity index is 1.12. The van der Waals surface area contributed by atoms with E-state index in [1.807, 2.05) is 18.2 Å². The lowest BCUT2D eigenvalue weighted by Crippen LogP contribution is -2.46. The molecule has 40 heavy (non-hydrogen) atoms. The number of benzene rings is 2. The van der Waals surface area contributed by atoms with Crippen LogP contribution in [0.1, 0.15) is 71.0 Å². The summed E-state index contributed by atoms with van der Waals surface area (Å²) in [6.45, 7) is 0. The highest BCUT2D eigenvalue weighted by Gasteiger charge is 2.44. The van der Waals surface area contributed by atoms with E-state index in [1.165, 1.54) is 7.11 Å². The van der Waals surface area contributed by atoms with Gasteiger partial charge in [-0.2, -0.15) is 0 Å². The number of hydrogen-bond acceptors (Lipinski definition) is 9. The summed E-state index contributed by atoms with van der Waals surface area (Å²) in [6, 6.07) is 11.3. The molecule has 0 amide bonds. The SMILES string of the molecule is COC(=O)c1noc2cc(N3[C@@H]4CC[C@H]3C[C@H](OC(=O)c3c(-c5c(Cl)cccc5Cl)noc3C3CC3)C4)ccc12. The average Bonchev–Trinajstić information content (AvgIpc) is 3.45. The van der Waals surface area contributed by atoms with Crippen LogP contribution in [0.2, 0.25) is 10.0 Å². The highest BCUT2D eigenvalue weighted by Crippen LogP contribution is 2.47. The van der Waals surface area contributed by atoms with Crippen LogP contribution in [0.5, 0.6) is 0 Å². The van der Waals surface area contributed by atoms with Gasteiger partial charge in [0.05, 0.1) is 22.5 Å². The lowest BCUT2D eigenvalue weighted by molar-refractivity contribution is 0.0202. The molecule has 11 heteroatoms. The van der Waals surface area contributed by atoms with Gasteiger partial charge in [-0.15, -0.1) is 0 Å². The second kappa shape index (κ2) is 9.82. The molecular weight excluding hydrogens is 557 g/mol. The quantitative estimate of drug-likeness (QED) is 0.227. The topological polar surface area (TPSA) is 108 Å². The van der Waals surface area contributed by atoms with Gasteiger partial charge in [0.15, 0.2) is 17.0 Å². The zero-order chi connectivity index (χ0) is 27.5. The molecule has 1 aliphatic carbocycles. The van der Waals surface area contributed by atoms with Gasteiger partial charge < -0.3 is 23.4 Å². The number of esters is 2. The van der Waals surface area contributed by atoms with Gasteiger partial charge in [-0.25, -0.2) is 9.59 Å². The Labute approximate surface area is 239 Å². The number of nitrogens with zero attached hydrogens (tertiary/aromatic N) is 3. The summed E-state index contributed by atoms with van der Waals surface area (Å²) < 4.78 is 22.0. The largest absolute Gasteiger partial charge is 0.464 e. The normalized spacial score (nSPS) is 22.1. The van der Waals surface area contributed by atoms with E-state index in [1.54, 1.807) is 18.2 Å². The Kier molecular flexibility index (Phi) is 6.24. The van der Waals surface area contributed by atoms with Crippen LogP contribution in [0.25, 0.3) is 22.2 Å². The first-order valence-electron chi connectivity index (χ1n) is 13.3. The average molecular weight is 582 g/mol. The van der Waals surface area contributed by atoms with E-state index in [0.717, 1.165) is 31.4 Å². The minimum absolute atomic E-state index is 0.147. The van der Waals surface area contributed by atoms with Gasteiger partial charge in [0, 0.05) is 48.2 Å². The number of aromatic nitrogens is 2. The van der Waals surface area contributed by atoms with Gasteiger partial charge in [-0.3, -0.25) is 0 Å². The molecule has 0 N–H and O–H groups in total. The molecule has 2 aromatic heterocycles. The van der Waals surface area contributed by atoms with E-state index in [2.05, 4.69) is 15.2 Å². The monoisotopic (exact) mass is 581 g/mol. The van der Waals surface area contributed by atoms with Crippen LogP contribution in [0.15, 0.2) is 45.4 Å². The van der Waals surface area contributed by atoms with E-state index >= 15 is 0 Å². The molecule has 2 bridgehead atoms. The predicted octanol–water partition coefficient (Wildman–Crippen LogP) is 6.81. The first-order chi connectivity index (χ1) is 19.4. The number of fused-ring (bicyclic) bond motifs is 3. The molecule has 206 valence electrons. The van der Waals surface area contributed by atoms with Crippen LogP contribution >= 0.6 is 23.2 Å². The highest BCUT2D eigenvalue weighted by molar-refractivity contribution is 6.39. The molecule has 0 spiro atoms. The molecule has 2 aromatic carbocycles. The van der Waals surface area contributed by atoms with Crippen molar-refractivity contribution in [1.29, 1.82) is 0 Å². The number of carbonyl (C=O) groups excluding carboxylic acids is 2. The second-order valence-corrected chi connectivity index (χ2v) is 11.4. The summed E-state index contributed by atoms with van der Waals surface area (Å²) >= 11 is 12.9. The molecule has 2 saturated heterocycles. The molecule has 2 aliphatic heterocycles. The number of carbonyl (C=O) groups is 2.